The van der Waals surface area contributed by atoms with Crippen LogP contribution >= 0.6 is 0 Å². The number of nitrogens with zero attached hydrogens (tertiary/aromatic N) is 2. The lowest BCUT2D eigenvalue weighted by Gasteiger charge is -2.19. The zero-order valence-electron chi connectivity index (χ0n) is 22.4. The van der Waals surface area contributed by atoms with Gasteiger partial charge in [-0.2, -0.15) is 4.98 Å². The summed E-state index contributed by atoms with van der Waals surface area (Å²) in [6.45, 7) is 0.761. The Morgan fingerprint density at radius 2 is 1.88 bits per heavy atom. The SMILES string of the molecule is COc1ccccc1C1(C(=O)Nc2ccc(-c3cnc4nc3NCCCCS(=N)c3cccc(c3)N4)cc2)CC1. The lowest BCUT2D eigenvalue weighted by atomic mass is 9.93. The molecule has 1 amide bonds. The number of fused-ring (bicyclic) bond motifs is 4. The average molecular weight is 553 g/mol. The normalized spacial score (nSPS) is 17.6. The van der Waals surface area contributed by atoms with Crippen molar-refractivity contribution in [3.8, 4) is 16.9 Å². The van der Waals surface area contributed by atoms with Crippen molar-refractivity contribution in [3.63, 3.8) is 0 Å². The Balaban J connectivity index is 1.22. The second kappa shape index (κ2) is 11.1. The van der Waals surface area contributed by atoms with Gasteiger partial charge in [0.25, 0.3) is 0 Å². The molecule has 4 bridgehead atoms. The molecule has 0 saturated heterocycles. The van der Waals surface area contributed by atoms with E-state index < -0.39 is 16.1 Å². The third-order valence-corrected chi connectivity index (χ3v) is 9.01. The predicted octanol–water partition coefficient (Wildman–Crippen LogP) is 6.51. The molecular weight excluding hydrogens is 520 g/mol. The number of para-hydroxylation sites is 1. The van der Waals surface area contributed by atoms with Gasteiger partial charge in [-0.15, -0.1) is 0 Å². The van der Waals surface area contributed by atoms with E-state index >= 15 is 0 Å². The van der Waals surface area contributed by atoms with Crippen LogP contribution in [-0.2, 0) is 20.9 Å². The molecule has 1 aliphatic heterocycles. The molecule has 9 heteroatoms. The van der Waals surface area contributed by atoms with Gasteiger partial charge in [0.05, 0.1) is 12.5 Å². The summed E-state index contributed by atoms with van der Waals surface area (Å²) in [5, 5.41) is 9.90. The molecule has 1 aliphatic carbocycles. The molecule has 2 aliphatic rings. The molecule has 4 aromatic rings. The first kappa shape index (κ1) is 26.0. The van der Waals surface area contributed by atoms with Gasteiger partial charge in [0.1, 0.15) is 11.6 Å². The van der Waals surface area contributed by atoms with Gasteiger partial charge in [-0.05, 0) is 67.6 Å². The Bertz CT molecular complexity index is 1570. The molecule has 1 aromatic heterocycles. The number of nitrogens with one attached hydrogen (secondary N) is 4. The van der Waals surface area contributed by atoms with Gasteiger partial charge in [-0.3, -0.25) is 9.57 Å². The van der Waals surface area contributed by atoms with Crippen molar-refractivity contribution in [2.24, 2.45) is 0 Å². The van der Waals surface area contributed by atoms with Crippen molar-refractivity contribution >= 4 is 39.7 Å². The molecule has 1 atom stereocenters. The van der Waals surface area contributed by atoms with E-state index in [4.69, 9.17) is 14.5 Å². The number of anilines is 4. The van der Waals surface area contributed by atoms with E-state index in [1.165, 1.54) is 0 Å². The zero-order valence-corrected chi connectivity index (χ0v) is 23.2. The Morgan fingerprint density at radius 1 is 1.05 bits per heavy atom. The molecule has 1 saturated carbocycles. The molecule has 1 unspecified atom stereocenters. The molecule has 2 heterocycles. The Kier molecular flexibility index (Phi) is 7.21. The summed E-state index contributed by atoms with van der Waals surface area (Å²) in [5.74, 6) is 2.83. The number of ether oxygens (including phenoxy) is 1. The first-order chi connectivity index (χ1) is 19.6. The summed E-state index contributed by atoms with van der Waals surface area (Å²) < 4.78 is 14.1. The zero-order chi connectivity index (χ0) is 27.5. The summed E-state index contributed by atoms with van der Waals surface area (Å²) in [6, 6.07) is 23.6. The van der Waals surface area contributed by atoms with Crippen LogP contribution in [0.4, 0.5) is 23.1 Å². The van der Waals surface area contributed by atoms with E-state index in [0.717, 1.165) is 82.5 Å². The Hall–Kier alpha value is -4.24. The number of aromatic nitrogens is 2. The molecule has 40 heavy (non-hydrogen) atoms. The lowest BCUT2D eigenvalue weighted by Crippen LogP contribution is -2.28. The number of rotatable bonds is 5. The van der Waals surface area contributed by atoms with E-state index in [-0.39, 0.29) is 5.91 Å². The van der Waals surface area contributed by atoms with E-state index in [0.29, 0.717) is 5.95 Å². The van der Waals surface area contributed by atoms with Crippen LogP contribution < -0.4 is 20.7 Å². The maximum Gasteiger partial charge on any atom is 0.235 e. The smallest absolute Gasteiger partial charge is 0.235 e. The van der Waals surface area contributed by atoms with Crippen LogP contribution in [-0.4, -0.2) is 35.3 Å². The number of amides is 1. The Morgan fingerprint density at radius 3 is 2.67 bits per heavy atom. The monoisotopic (exact) mass is 552 g/mol. The number of hydrogen-bond acceptors (Lipinski definition) is 7. The van der Waals surface area contributed by atoms with Crippen molar-refractivity contribution in [2.75, 3.05) is 35.4 Å². The predicted molar refractivity (Wildman–Crippen MR) is 161 cm³/mol. The summed E-state index contributed by atoms with van der Waals surface area (Å²) in [5.41, 5.74) is 3.86. The van der Waals surface area contributed by atoms with E-state index in [9.17, 15) is 4.79 Å². The standard InChI is InChI=1S/C31H32N6O2S/c1-39-27-10-3-2-9-26(27)31(15-16-31)29(38)35-22-13-11-21(12-14-22)25-20-34-30-36-23-7-6-8-24(19-23)40(32)18-5-4-17-33-28(25)37-30/h2-3,6-14,19-20,32H,4-5,15-18H2,1H3,(H,35,38)(H2,33,34,36,37). The van der Waals surface area contributed by atoms with Crippen molar-refractivity contribution in [1.82, 2.24) is 9.97 Å². The highest BCUT2D eigenvalue weighted by atomic mass is 32.2. The van der Waals surface area contributed by atoms with Crippen molar-refractivity contribution in [3.05, 3.63) is 84.6 Å². The topological polar surface area (TPSA) is 112 Å². The molecule has 0 radical (unpaired) electrons. The fourth-order valence-electron chi connectivity index (χ4n) is 5.11. The maximum atomic E-state index is 13.3. The molecule has 8 nitrogen and oxygen atoms in total. The quantitative estimate of drug-likeness (QED) is 0.225. The summed E-state index contributed by atoms with van der Waals surface area (Å²) in [4.78, 5) is 23.7. The van der Waals surface area contributed by atoms with Gasteiger partial charge in [-0.25, -0.2) is 4.98 Å². The Labute approximate surface area is 236 Å². The molecule has 1 fully saturated rings. The van der Waals surface area contributed by atoms with Crippen LogP contribution in [0.3, 0.4) is 0 Å². The largest absolute Gasteiger partial charge is 0.496 e. The fraction of sp³-hybridized carbons (Fsp3) is 0.258. The summed E-state index contributed by atoms with van der Waals surface area (Å²) in [7, 11) is 1.10. The number of benzene rings is 3. The van der Waals surface area contributed by atoms with E-state index in [1.807, 2.05) is 79.0 Å². The highest BCUT2D eigenvalue weighted by molar-refractivity contribution is 7.86. The average Bonchev–Trinajstić information content (AvgIpc) is 3.79. The van der Waals surface area contributed by atoms with Crippen LogP contribution in [0.2, 0.25) is 0 Å². The lowest BCUT2D eigenvalue weighted by molar-refractivity contribution is -0.118. The third kappa shape index (κ3) is 5.29. The highest BCUT2D eigenvalue weighted by Gasteiger charge is 2.52. The molecular formula is C31H32N6O2S. The summed E-state index contributed by atoms with van der Waals surface area (Å²) >= 11 is 0. The van der Waals surface area contributed by atoms with Crippen LogP contribution in [0.15, 0.2) is 83.9 Å². The fourth-order valence-corrected chi connectivity index (χ4v) is 6.35. The van der Waals surface area contributed by atoms with Crippen LogP contribution in [0, 0.1) is 4.78 Å². The van der Waals surface area contributed by atoms with E-state index in [1.54, 1.807) is 7.11 Å². The number of carbonyl (C=O) groups is 1. The third-order valence-electron chi connectivity index (χ3n) is 7.49. The van der Waals surface area contributed by atoms with Gasteiger partial charge in [0.15, 0.2) is 0 Å². The van der Waals surface area contributed by atoms with Gasteiger partial charge in [-0.1, -0.05) is 47.1 Å². The van der Waals surface area contributed by atoms with Crippen molar-refractivity contribution in [2.45, 2.75) is 36.0 Å². The maximum absolute atomic E-state index is 13.3. The van der Waals surface area contributed by atoms with Crippen molar-refractivity contribution < 1.29 is 9.53 Å². The first-order valence-corrected chi connectivity index (χ1v) is 14.9. The second-order valence-corrected chi connectivity index (χ2v) is 11.8. The highest BCUT2D eigenvalue weighted by Crippen LogP contribution is 2.52. The number of carbonyl (C=O) groups excluding carboxylic acids is 1. The molecule has 204 valence electrons. The second-order valence-electron chi connectivity index (χ2n) is 10.2. The number of methoxy groups -OCH3 is 1. The summed E-state index contributed by atoms with van der Waals surface area (Å²) in [6.07, 6.45) is 5.35. The minimum Gasteiger partial charge on any atom is -0.496 e. The van der Waals surface area contributed by atoms with Gasteiger partial charge >= 0.3 is 0 Å². The van der Waals surface area contributed by atoms with Crippen molar-refractivity contribution in [1.29, 1.82) is 4.78 Å². The molecule has 3 aromatic carbocycles. The van der Waals surface area contributed by atoms with Gasteiger partial charge in [0, 0.05) is 45.9 Å². The number of hydrogen-bond donors (Lipinski definition) is 4. The molecule has 4 N–H and O–H groups in total. The van der Waals surface area contributed by atoms with Crippen LogP contribution in [0.5, 0.6) is 5.75 Å². The molecule has 6 rings (SSSR count). The van der Waals surface area contributed by atoms with Gasteiger partial charge in [0.2, 0.25) is 11.9 Å². The molecule has 0 spiro atoms. The first-order valence-electron chi connectivity index (χ1n) is 13.5. The van der Waals surface area contributed by atoms with Crippen LogP contribution in [0.1, 0.15) is 31.2 Å². The minimum absolute atomic E-state index is 0.0113. The van der Waals surface area contributed by atoms with E-state index in [2.05, 4.69) is 20.9 Å². The van der Waals surface area contributed by atoms with Gasteiger partial charge < -0.3 is 20.7 Å². The minimum atomic E-state index is -0.541. The van der Waals surface area contributed by atoms with Crippen LogP contribution in [0.25, 0.3) is 11.1 Å².